The van der Waals surface area contributed by atoms with E-state index in [1.54, 1.807) is 0 Å². The van der Waals surface area contributed by atoms with Crippen LogP contribution in [0.3, 0.4) is 0 Å². The fourth-order valence-corrected chi connectivity index (χ4v) is 3.51. The van der Waals surface area contributed by atoms with Crippen LogP contribution in [0, 0.1) is 0 Å². The Hall–Kier alpha value is -0.870. The number of nitrogens with zero attached hydrogens (tertiary/aromatic N) is 2. The van der Waals surface area contributed by atoms with Crippen molar-refractivity contribution in [3.8, 4) is 0 Å². The third-order valence-corrected chi connectivity index (χ3v) is 5.31. The summed E-state index contributed by atoms with van der Waals surface area (Å²) < 4.78 is 0. The summed E-state index contributed by atoms with van der Waals surface area (Å²) in [4.78, 5) is 16.7. The molecule has 0 bridgehead atoms. The SMILES string of the molecule is CC/C(C)=C/CCN1CCN(C)[C@]2(CCNC(=O)CC2)C1. The lowest BCUT2D eigenvalue weighted by Gasteiger charge is -2.49. The number of allylic oxidation sites excluding steroid dienone is 1. The number of rotatable bonds is 4. The van der Waals surface area contributed by atoms with Crippen LogP contribution in [-0.4, -0.2) is 61.0 Å². The highest BCUT2D eigenvalue weighted by Crippen LogP contribution is 2.30. The lowest BCUT2D eigenvalue weighted by molar-refractivity contribution is -0.121. The van der Waals surface area contributed by atoms with Gasteiger partial charge in [-0.3, -0.25) is 14.6 Å². The van der Waals surface area contributed by atoms with E-state index >= 15 is 0 Å². The molecule has 0 radical (unpaired) electrons. The van der Waals surface area contributed by atoms with Crippen LogP contribution in [0.5, 0.6) is 0 Å². The maximum Gasteiger partial charge on any atom is 0.220 e. The van der Waals surface area contributed by atoms with Gasteiger partial charge in [-0.15, -0.1) is 0 Å². The molecule has 1 N–H and O–H groups in total. The summed E-state index contributed by atoms with van der Waals surface area (Å²) in [6.45, 7) is 9.78. The molecular formula is C17H31N3O. The smallest absolute Gasteiger partial charge is 0.220 e. The van der Waals surface area contributed by atoms with E-state index < -0.39 is 0 Å². The fraction of sp³-hybridized carbons (Fsp3) is 0.824. The Labute approximate surface area is 129 Å². The summed E-state index contributed by atoms with van der Waals surface area (Å²) in [6.07, 6.45) is 7.43. The third-order valence-electron chi connectivity index (χ3n) is 5.31. The minimum atomic E-state index is 0.195. The quantitative estimate of drug-likeness (QED) is 0.806. The van der Waals surface area contributed by atoms with Crippen molar-refractivity contribution in [3.05, 3.63) is 11.6 Å². The molecule has 1 amide bonds. The second kappa shape index (κ2) is 7.41. The van der Waals surface area contributed by atoms with Crippen LogP contribution in [0.15, 0.2) is 11.6 Å². The number of carbonyl (C=O) groups is 1. The second-order valence-electron chi connectivity index (χ2n) is 6.71. The first kappa shape index (κ1) is 16.5. The zero-order chi connectivity index (χ0) is 15.3. The average Bonchev–Trinajstić information content (AvgIpc) is 2.66. The maximum absolute atomic E-state index is 11.6. The minimum Gasteiger partial charge on any atom is -0.356 e. The number of hydrogen-bond donors (Lipinski definition) is 1. The van der Waals surface area contributed by atoms with Crippen LogP contribution in [-0.2, 0) is 4.79 Å². The maximum atomic E-state index is 11.6. The average molecular weight is 293 g/mol. The molecule has 0 unspecified atom stereocenters. The first-order valence-electron chi connectivity index (χ1n) is 8.42. The van der Waals surface area contributed by atoms with Crippen molar-refractivity contribution in [1.82, 2.24) is 15.1 Å². The molecule has 1 atom stereocenters. The van der Waals surface area contributed by atoms with Crippen LogP contribution in [0.1, 0.15) is 46.0 Å². The van der Waals surface area contributed by atoms with Gasteiger partial charge in [0.1, 0.15) is 0 Å². The van der Waals surface area contributed by atoms with E-state index in [0.29, 0.717) is 6.42 Å². The molecule has 0 aromatic carbocycles. The molecule has 2 aliphatic rings. The van der Waals surface area contributed by atoms with E-state index in [4.69, 9.17) is 0 Å². The summed E-state index contributed by atoms with van der Waals surface area (Å²) in [5.74, 6) is 0.221. The number of likely N-dealkylation sites (N-methyl/N-ethyl adjacent to an activating group) is 1. The van der Waals surface area contributed by atoms with E-state index in [0.717, 1.165) is 58.4 Å². The van der Waals surface area contributed by atoms with Gasteiger partial charge in [0.25, 0.3) is 0 Å². The summed E-state index contributed by atoms with van der Waals surface area (Å²) in [6, 6.07) is 0. The molecule has 0 aromatic rings. The molecule has 2 aliphatic heterocycles. The van der Waals surface area contributed by atoms with Crippen molar-refractivity contribution in [3.63, 3.8) is 0 Å². The number of piperazine rings is 1. The van der Waals surface area contributed by atoms with E-state index in [9.17, 15) is 4.79 Å². The normalized spacial score (nSPS) is 29.5. The van der Waals surface area contributed by atoms with E-state index in [1.165, 1.54) is 5.57 Å². The molecule has 4 nitrogen and oxygen atoms in total. The predicted octanol–water partition coefficient (Wildman–Crippen LogP) is 2.02. The minimum absolute atomic E-state index is 0.195. The molecule has 2 rings (SSSR count). The van der Waals surface area contributed by atoms with Crippen molar-refractivity contribution >= 4 is 5.91 Å². The molecule has 21 heavy (non-hydrogen) atoms. The fourth-order valence-electron chi connectivity index (χ4n) is 3.51. The molecule has 2 fully saturated rings. The number of amides is 1. The second-order valence-corrected chi connectivity index (χ2v) is 6.71. The van der Waals surface area contributed by atoms with Gasteiger partial charge in [-0.05, 0) is 39.7 Å². The van der Waals surface area contributed by atoms with Crippen molar-refractivity contribution in [2.24, 2.45) is 0 Å². The molecular weight excluding hydrogens is 262 g/mol. The molecule has 0 aromatic heterocycles. The molecule has 2 saturated heterocycles. The van der Waals surface area contributed by atoms with Gasteiger partial charge < -0.3 is 5.32 Å². The van der Waals surface area contributed by atoms with Crippen molar-refractivity contribution in [2.45, 2.75) is 51.5 Å². The predicted molar refractivity (Wildman–Crippen MR) is 87.3 cm³/mol. The number of carbonyl (C=O) groups excluding carboxylic acids is 1. The number of nitrogens with one attached hydrogen (secondary N) is 1. The Kier molecular flexibility index (Phi) is 5.82. The molecule has 0 saturated carbocycles. The summed E-state index contributed by atoms with van der Waals surface area (Å²) in [7, 11) is 2.23. The molecule has 1 spiro atoms. The van der Waals surface area contributed by atoms with Gasteiger partial charge in [0.15, 0.2) is 0 Å². The topological polar surface area (TPSA) is 35.6 Å². The monoisotopic (exact) mass is 293 g/mol. The Morgan fingerprint density at radius 1 is 1.38 bits per heavy atom. The van der Waals surface area contributed by atoms with E-state index in [-0.39, 0.29) is 11.4 Å². The van der Waals surface area contributed by atoms with Gasteiger partial charge in [-0.2, -0.15) is 0 Å². The van der Waals surface area contributed by atoms with Gasteiger partial charge in [0.2, 0.25) is 5.91 Å². The highest BCUT2D eigenvalue weighted by Gasteiger charge is 2.40. The summed E-state index contributed by atoms with van der Waals surface area (Å²) in [5.41, 5.74) is 1.68. The first-order valence-corrected chi connectivity index (χ1v) is 8.42. The summed E-state index contributed by atoms with van der Waals surface area (Å²) in [5, 5.41) is 3.02. The van der Waals surface area contributed by atoms with Gasteiger partial charge >= 0.3 is 0 Å². The molecule has 120 valence electrons. The van der Waals surface area contributed by atoms with Crippen molar-refractivity contribution < 1.29 is 4.79 Å². The molecule has 2 heterocycles. The Morgan fingerprint density at radius 2 is 2.19 bits per heavy atom. The van der Waals surface area contributed by atoms with E-state index in [1.807, 2.05) is 0 Å². The molecule has 0 aliphatic carbocycles. The van der Waals surface area contributed by atoms with Crippen molar-refractivity contribution in [2.75, 3.05) is 39.8 Å². The van der Waals surface area contributed by atoms with Crippen molar-refractivity contribution in [1.29, 1.82) is 0 Å². The standard InChI is InChI=1S/C17H31N3O/c1-4-15(2)6-5-11-20-13-12-19(3)17(14-20)8-7-16(21)18-10-9-17/h6H,4-5,7-14H2,1-3H3,(H,18,21)/b15-6+/t17-/m1/s1. The van der Waals surface area contributed by atoms with E-state index in [2.05, 4.69) is 42.1 Å². The van der Waals surface area contributed by atoms with Gasteiger partial charge in [0.05, 0.1) is 0 Å². The lowest BCUT2D eigenvalue weighted by Crippen LogP contribution is -2.61. The number of hydrogen-bond acceptors (Lipinski definition) is 3. The zero-order valence-corrected chi connectivity index (χ0v) is 14.0. The highest BCUT2D eigenvalue weighted by molar-refractivity contribution is 5.76. The highest BCUT2D eigenvalue weighted by atomic mass is 16.1. The summed E-state index contributed by atoms with van der Waals surface area (Å²) >= 11 is 0. The van der Waals surface area contributed by atoms with Crippen LogP contribution < -0.4 is 5.32 Å². The Morgan fingerprint density at radius 3 is 2.95 bits per heavy atom. The van der Waals surface area contributed by atoms with Crippen LogP contribution in [0.4, 0.5) is 0 Å². The Bertz CT molecular complexity index is 393. The van der Waals surface area contributed by atoms with Gasteiger partial charge in [0, 0.05) is 44.7 Å². The van der Waals surface area contributed by atoms with Gasteiger partial charge in [-0.25, -0.2) is 0 Å². The lowest BCUT2D eigenvalue weighted by atomic mass is 9.86. The zero-order valence-electron chi connectivity index (χ0n) is 14.0. The largest absolute Gasteiger partial charge is 0.356 e. The Balaban J connectivity index is 1.93. The van der Waals surface area contributed by atoms with Crippen LogP contribution in [0.25, 0.3) is 0 Å². The van der Waals surface area contributed by atoms with Crippen LogP contribution in [0.2, 0.25) is 0 Å². The van der Waals surface area contributed by atoms with Gasteiger partial charge in [-0.1, -0.05) is 18.6 Å². The van der Waals surface area contributed by atoms with Crippen LogP contribution >= 0.6 is 0 Å². The molecule has 4 heteroatoms. The first-order chi connectivity index (χ1) is 10.1. The third kappa shape index (κ3) is 4.30.